The Morgan fingerprint density at radius 1 is 0.875 bits per heavy atom. The number of anilines is 1. The molecule has 2 amide bonds. The Balaban J connectivity index is 1.33. The van der Waals surface area contributed by atoms with Crippen LogP contribution in [-0.2, 0) is 6.42 Å². The van der Waals surface area contributed by atoms with Gasteiger partial charge in [0.25, 0.3) is 11.8 Å². The Morgan fingerprint density at radius 2 is 1.69 bits per heavy atom. The zero-order valence-electron chi connectivity index (χ0n) is 18.2. The first-order chi connectivity index (χ1) is 15.7. The number of benzene rings is 2. The van der Waals surface area contributed by atoms with Crippen LogP contribution in [0.3, 0.4) is 0 Å². The molecule has 32 heavy (non-hydrogen) atoms. The summed E-state index contributed by atoms with van der Waals surface area (Å²) in [6.07, 6.45) is 3.16. The molecular formula is C26H29N3O2S. The molecule has 1 aliphatic rings. The van der Waals surface area contributed by atoms with Crippen LogP contribution in [0.1, 0.15) is 38.4 Å². The average Bonchev–Trinajstić information content (AvgIpc) is 3.27. The highest BCUT2D eigenvalue weighted by Gasteiger charge is 2.23. The maximum absolute atomic E-state index is 13.3. The molecule has 0 radical (unpaired) electrons. The third-order valence-electron chi connectivity index (χ3n) is 5.81. The summed E-state index contributed by atoms with van der Waals surface area (Å²) in [5, 5.41) is 4.78. The van der Waals surface area contributed by atoms with Crippen molar-refractivity contribution in [3.63, 3.8) is 0 Å². The lowest BCUT2D eigenvalue weighted by molar-refractivity contribution is 0.0762. The summed E-state index contributed by atoms with van der Waals surface area (Å²) in [5.41, 5.74) is 2.50. The maximum atomic E-state index is 13.3. The first kappa shape index (κ1) is 22.2. The lowest BCUT2D eigenvalue weighted by Gasteiger charge is -2.23. The molecule has 4 rings (SSSR count). The van der Waals surface area contributed by atoms with Gasteiger partial charge in [0.05, 0.1) is 16.1 Å². The molecule has 1 saturated heterocycles. The summed E-state index contributed by atoms with van der Waals surface area (Å²) >= 11 is 1.39. The number of amides is 2. The zero-order chi connectivity index (χ0) is 22.2. The number of nitrogens with one attached hydrogen (secondary N) is 1. The second-order valence-corrected chi connectivity index (χ2v) is 9.00. The van der Waals surface area contributed by atoms with Gasteiger partial charge in [-0.2, -0.15) is 0 Å². The predicted molar refractivity (Wildman–Crippen MR) is 130 cm³/mol. The van der Waals surface area contributed by atoms with Gasteiger partial charge >= 0.3 is 0 Å². The van der Waals surface area contributed by atoms with E-state index in [1.807, 2.05) is 28.5 Å². The third-order valence-corrected chi connectivity index (χ3v) is 6.68. The van der Waals surface area contributed by atoms with Gasteiger partial charge in [-0.25, -0.2) is 0 Å². The minimum atomic E-state index is -0.180. The number of aryl methyl sites for hydroxylation is 1. The number of para-hydroxylation sites is 1. The number of carbonyl (C=O) groups is 2. The van der Waals surface area contributed by atoms with E-state index in [1.54, 1.807) is 18.2 Å². The Hall–Kier alpha value is -2.96. The van der Waals surface area contributed by atoms with Gasteiger partial charge in [0.15, 0.2) is 0 Å². The molecule has 2 heterocycles. The van der Waals surface area contributed by atoms with E-state index in [2.05, 4.69) is 40.5 Å². The van der Waals surface area contributed by atoms with Crippen molar-refractivity contribution in [3.05, 3.63) is 88.1 Å². The van der Waals surface area contributed by atoms with Crippen LogP contribution in [0.2, 0.25) is 0 Å². The van der Waals surface area contributed by atoms with E-state index >= 15 is 0 Å². The molecule has 2 aromatic carbocycles. The molecule has 5 nitrogen and oxygen atoms in total. The Labute approximate surface area is 193 Å². The second-order valence-electron chi connectivity index (χ2n) is 8.05. The van der Waals surface area contributed by atoms with Crippen LogP contribution in [0.5, 0.6) is 0 Å². The Kier molecular flexibility index (Phi) is 7.69. The van der Waals surface area contributed by atoms with Crippen LogP contribution in [0, 0.1) is 0 Å². The maximum Gasteiger partial charge on any atom is 0.265 e. The van der Waals surface area contributed by atoms with Gasteiger partial charge in [-0.1, -0.05) is 48.5 Å². The smallest absolute Gasteiger partial charge is 0.265 e. The molecular weight excluding hydrogens is 418 g/mol. The molecule has 1 aromatic heterocycles. The highest BCUT2D eigenvalue weighted by molar-refractivity contribution is 7.12. The predicted octanol–water partition coefficient (Wildman–Crippen LogP) is 4.78. The summed E-state index contributed by atoms with van der Waals surface area (Å²) in [6, 6.07) is 21.5. The van der Waals surface area contributed by atoms with Crippen molar-refractivity contribution in [2.75, 3.05) is 38.0 Å². The van der Waals surface area contributed by atoms with Gasteiger partial charge < -0.3 is 15.1 Å². The monoisotopic (exact) mass is 447 g/mol. The molecule has 166 valence electrons. The molecule has 0 saturated carbocycles. The molecule has 0 unspecified atom stereocenters. The van der Waals surface area contributed by atoms with Crippen molar-refractivity contribution < 1.29 is 9.59 Å². The summed E-state index contributed by atoms with van der Waals surface area (Å²) in [6.45, 7) is 4.38. The molecule has 0 atom stereocenters. The molecule has 1 aliphatic heterocycles. The van der Waals surface area contributed by atoms with Crippen LogP contribution >= 0.6 is 11.3 Å². The molecule has 0 bridgehead atoms. The summed E-state index contributed by atoms with van der Waals surface area (Å²) in [4.78, 5) is 30.8. The first-order valence-electron chi connectivity index (χ1n) is 11.2. The van der Waals surface area contributed by atoms with Crippen molar-refractivity contribution in [2.45, 2.75) is 19.3 Å². The van der Waals surface area contributed by atoms with E-state index in [0.717, 1.165) is 45.4 Å². The highest BCUT2D eigenvalue weighted by Crippen LogP contribution is 2.20. The molecule has 1 N–H and O–H groups in total. The zero-order valence-corrected chi connectivity index (χ0v) is 19.0. The fourth-order valence-corrected chi connectivity index (χ4v) is 4.71. The minimum absolute atomic E-state index is 0.0155. The van der Waals surface area contributed by atoms with E-state index in [0.29, 0.717) is 22.7 Å². The lowest BCUT2D eigenvalue weighted by atomic mass is 10.1. The summed E-state index contributed by atoms with van der Waals surface area (Å²) in [5.74, 6) is -0.195. The molecule has 0 aliphatic carbocycles. The van der Waals surface area contributed by atoms with Gasteiger partial charge in [-0.15, -0.1) is 11.3 Å². The summed E-state index contributed by atoms with van der Waals surface area (Å²) in [7, 11) is 0. The number of rotatable bonds is 7. The van der Waals surface area contributed by atoms with Crippen molar-refractivity contribution >= 4 is 28.8 Å². The highest BCUT2D eigenvalue weighted by atomic mass is 32.1. The molecule has 1 fully saturated rings. The number of hydrogen-bond acceptors (Lipinski definition) is 4. The van der Waals surface area contributed by atoms with E-state index in [1.165, 1.54) is 16.9 Å². The largest absolute Gasteiger partial charge is 0.337 e. The van der Waals surface area contributed by atoms with Gasteiger partial charge in [-0.05, 0) is 61.5 Å². The molecule has 3 aromatic rings. The lowest BCUT2D eigenvalue weighted by Crippen LogP contribution is -2.36. The van der Waals surface area contributed by atoms with E-state index in [9.17, 15) is 9.59 Å². The fourth-order valence-electron chi connectivity index (χ4n) is 4.09. The summed E-state index contributed by atoms with van der Waals surface area (Å²) < 4.78 is 0. The second kappa shape index (κ2) is 11.1. The molecule has 0 spiro atoms. The van der Waals surface area contributed by atoms with Crippen molar-refractivity contribution in [1.29, 1.82) is 0 Å². The van der Waals surface area contributed by atoms with Gasteiger partial charge in [0, 0.05) is 19.6 Å². The quantitative estimate of drug-likeness (QED) is 0.567. The minimum Gasteiger partial charge on any atom is -0.337 e. The van der Waals surface area contributed by atoms with E-state index in [4.69, 9.17) is 0 Å². The van der Waals surface area contributed by atoms with Crippen molar-refractivity contribution in [1.82, 2.24) is 9.80 Å². The van der Waals surface area contributed by atoms with Crippen LogP contribution < -0.4 is 5.32 Å². The van der Waals surface area contributed by atoms with Gasteiger partial charge in [0.2, 0.25) is 0 Å². The average molecular weight is 448 g/mol. The number of thiophene rings is 1. The number of hydrogen-bond donors (Lipinski definition) is 1. The Morgan fingerprint density at radius 3 is 2.50 bits per heavy atom. The van der Waals surface area contributed by atoms with Gasteiger partial charge in [0.1, 0.15) is 0 Å². The fraction of sp³-hybridized carbons (Fsp3) is 0.308. The van der Waals surface area contributed by atoms with E-state index in [-0.39, 0.29) is 11.8 Å². The van der Waals surface area contributed by atoms with Crippen LogP contribution in [-0.4, -0.2) is 54.3 Å². The van der Waals surface area contributed by atoms with Crippen LogP contribution in [0.4, 0.5) is 5.69 Å². The van der Waals surface area contributed by atoms with Gasteiger partial charge in [-0.3, -0.25) is 9.59 Å². The number of nitrogens with zero attached hydrogens (tertiary/aromatic N) is 2. The SMILES string of the molecule is O=C(Nc1ccccc1C(=O)N1CCCN(CCCc2ccccc2)CC1)c1cccs1. The first-order valence-corrected chi connectivity index (χ1v) is 12.1. The number of carbonyl (C=O) groups excluding carboxylic acids is 2. The third kappa shape index (κ3) is 5.84. The Bertz CT molecular complexity index is 1020. The van der Waals surface area contributed by atoms with Crippen molar-refractivity contribution in [2.24, 2.45) is 0 Å². The van der Waals surface area contributed by atoms with Crippen molar-refractivity contribution in [3.8, 4) is 0 Å². The normalized spacial score (nSPS) is 14.7. The molecule has 6 heteroatoms. The standard InChI is InChI=1S/C26H29N3O2S/c30-25(24-14-7-20-32-24)27-23-13-5-4-12-22(23)26(31)29-17-8-16-28(18-19-29)15-6-11-21-9-2-1-3-10-21/h1-5,7,9-10,12-14,20H,6,8,11,15-19H2,(H,27,30). The topological polar surface area (TPSA) is 52.7 Å². The van der Waals surface area contributed by atoms with E-state index < -0.39 is 0 Å². The van der Waals surface area contributed by atoms with Crippen LogP contribution in [0.15, 0.2) is 72.1 Å². The van der Waals surface area contributed by atoms with Crippen LogP contribution in [0.25, 0.3) is 0 Å².